The lowest BCUT2D eigenvalue weighted by Crippen LogP contribution is -1.88. The van der Waals surface area contributed by atoms with Crippen LogP contribution in [0.4, 0.5) is 0 Å². The van der Waals surface area contributed by atoms with Gasteiger partial charge in [0.1, 0.15) is 5.84 Å². The molecule has 0 unspecified atom stereocenters. The summed E-state index contributed by atoms with van der Waals surface area (Å²) in [6, 6.07) is 1.83. The van der Waals surface area contributed by atoms with Crippen LogP contribution >= 0.6 is 0 Å². The molecule has 1 aliphatic heterocycles. The first kappa shape index (κ1) is 5.63. The zero-order chi connectivity index (χ0) is 6.69. The van der Waals surface area contributed by atoms with E-state index in [0.717, 1.165) is 6.21 Å². The van der Waals surface area contributed by atoms with Crippen molar-refractivity contribution in [2.45, 2.75) is 6.42 Å². The van der Waals surface area contributed by atoms with E-state index in [4.69, 9.17) is 5.26 Å². The number of amidine groups is 1. The van der Waals surface area contributed by atoms with Gasteiger partial charge < -0.3 is 0 Å². The van der Waals surface area contributed by atoms with Crippen LogP contribution in [0, 0.1) is 11.3 Å². The number of hydrogen-bond donors (Lipinski definition) is 0. The van der Waals surface area contributed by atoms with Crippen LogP contribution in [-0.2, 0) is 4.79 Å². The van der Waals surface area contributed by atoms with E-state index in [1.807, 2.05) is 6.07 Å². The van der Waals surface area contributed by atoms with E-state index in [2.05, 4.69) is 9.98 Å². The smallest absolute Gasteiger partial charge is 0.266 e. The van der Waals surface area contributed by atoms with Crippen molar-refractivity contribution in [3.05, 3.63) is 0 Å². The third kappa shape index (κ3) is 1.19. The van der Waals surface area contributed by atoms with Gasteiger partial charge in [-0.25, -0.2) is 4.99 Å². The maximum absolute atomic E-state index is 10.3. The van der Waals surface area contributed by atoms with Crippen LogP contribution in [0.5, 0.6) is 0 Å². The molecule has 0 N–H and O–H groups in total. The third-order valence-corrected chi connectivity index (χ3v) is 0.800. The van der Waals surface area contributed by atoms with Crippen LogP contribution < -0.4 is 0 Å². The number of aliphatic imine (C=N–C) groups is 2. The number of carbonyl (C=O) groups excluding carboxylic acids is 1. The maximum Gasteiger partial charge on any atom is 0.289 e. The predicted molar refractivity (Wildman–Crippen MR) is 31.2 cm³/mol. The van der Waals surface area contributed by atoms with Crippen LogP contribution in [0.25, 0.3) is 0 Å². The summed E-state index contributed by atoms with van der Waals surface area (Å²) in [5.41, 5.74) is 0. The van der Waals surface area contributed by atoms with Gasteiger partial charge in [0.15, 0.2) is 0 Å². The van der Waals surface area contributed by atoms with Crippen molar-refractivity contribution in [1.29, 1.82) is 5.26 Å². The molecule has 1 aliphatic rings. The Bertz CT molecular complexity index is 233. The van der Waals surface area contributed by atoms with Crippen LogP contribution in [0.3, 0.4) is 0 Å². The van der Waals surface area contributed by atoms with E-state index in [9.17, 15) is 4.79 Å². The molecule has 0 spiro atoms. The molecule has 0 saturated carbocycles. The van der Waals surface area contributed by atoms with Crippen LogP contribution in [0.1, 0.15) is 6.42 Å². The predicted octanol–water partition coefficient (Wildman–Crippen LogP) is -0.0904. The number of nitrogens with zero attached hydrogens (tertiary/aromatic N) is 3. The Labute approximate surface area is 51.5 Å². The molecule has 9 heavy (non-hydrogen) atoms. The fourth-order valence-corrected chi connectivity index (χ4v) is 0.471. The Morgan fingerprint density at radius 1 is 1.78 bits per heavy atom. The lowest BCUT2D eigenvalue weighted by molar-refractivity contribution is -0.111. The highest BCUT2D eigenvalue weighted by Gasteiger charge is 2.05. The second-order valence-corrected chi connectivity index (χ2v) is 1.46. The average Bonchev–Trinajstić information content (AvgIpc) is 2.17. The zero-order valence-corrected chi connectivity index (χ0v) is 4.53. The van der Waals surface area contributed by atoms with Crippen molar-refractivity contribution in [2.75, 3.05) is 0 Å². The van der Waals surface area contributed by atoms with Gasteiger partial charge in [-0.1, -0.05) is 0 Å². The van der Waals surface area contributed by atoms with Gasteiger partial charge >= 0.3 is 0 Å². The Hall–Kier alpha value is -1.50. The second-order valence-electron chi connectivity index (χ2n) is 1.46. The van der Waals surface area contributed by atoms with Crippen molar-refractivity contribution < 1.29 is 4.79 Å². The summed E-state index contributed by atoms with van der Waals surface area (Å²) in [6.45, 7) is 0. The SMILES string of the molecule is N#CCC1=NC(=O)C=N1. The highest BCUT2D eigenvalue weighted by atomic mass is 16.1. The molecule has 0 aromatic heterocycles. The summed E-state index contributed by atoms with van der Waals surface area (Å²) in [6.07, 6.45) is 1.22. The summed E-state index contributed by atoms with van der Waals surface area (Å²) in [7, 11) is 0. The Kier molecular flexibility index (Phi) is 1.36. The highest BCUT2D eigenvalue weighted by Crippen LogP contribution is 1.93. The number of carbonyl (C=O) groups is 1. The topological polar surface area (TPSA) is 65.6 Å². The van der Waals surface area contributed by atoms with Gasteiger partial charge in [0.2, 0.25) is 0 Å². The van der Waals surface area contributed by atoms with Crippen molar-refractivity contribution in [2.24, 2.45) is 9.98 Å². The largest absolute Gasteiger partial charge is 0.289 e. The van der Waals surface area contributed by atoms with Gasteiger partial charge in [-0.3, -0.25) is 4.79 Å². The van der Waals surface area contributed by atoms with Crippen molar-refractivity contribution in [3.8, 4) is 6.07 Å². The minimum absolute atomic E-state index is 0.113. The fraction of sp³-hybridized carbons (Fsp3) is 0.200. The van der Waals surface area contributed by atoms with Gasteiger partial charge in [0.05, 0.1) is 18.7 Å². The Morgan fingerprint density at radius 3 is 3.00 bits per heavy atom. The molecule has 1 amide bonds. The molecule has 0 atom stereocenters. The monoisotopic (exact) mass is 121 g/mol. The molecular weight excluding hydrogens is 118 g/mol. The number of nitriles is 1. The standard InChI is InChI=1S/C5H3N3O/c6-2-1-4-7-3-5(9)8-4/h3H,1H2. The van der Waals surface area contributed by atoms with E-state index in [-0.39, 0.29) is 12.3 Å². The van der Waals surface area contributed by atoms with E-state index in [0.29, 0.717) is 5.84 Å². The fourth-order valence-electron chi connectivity index (χ4n) is 0.471. The summed E-state index contributed by atoms with van der Waals surface area (Å²) in [5, 5.41) is 8.10. The number of rotatable bonds is 1. The molecule has 4 nitrogen and oxygen atoms in total. The molecule has 0 aromatic carbocycles. The van der Waals surface area contributed by atoms with E-state index < -0.39 is 0 Å². The number of amides is 1. The molecule has 4 heteroatoms. The van der Waals surface area contributed by atoms with Gasteiger partial charge in [0.25, 0.3) is 5.91 Å². The first-order chi connectivity index (χ1) is 4.33. The van der Waals surface area contributed by atoms with Crippen LogP contribution in [0.15, 0.2) is 9.98 Å². The van der Waals surface area contributed by atoms with Crippen molar-refractivity contribution in [3.63, 3.8) is 0 Å². The normalized spacial score (nSPS) is 15.4. The van der Waals surface area contributed by atoms with Gasteiger partial charge in [-0.2, -0.15) is 10.3 Å². The molecule has 0 aromatic rings. The number of hydrogen-bond acceptors (Lipinski definition) is 3. The lowest BCUT2D eigenvalue weighted by atomic mass is 10.4. The zero-order valence-electron chi connectivity index (χ0n) is 4.53. The molecule has 0 radical (unpaired) electrons. The molecule has 0 fully saturated rings. The Balaban J connectivity index is 2.67. The van der Waals surface area contributed by atoms with E-state index in [1.165, 1.54) is 0 Å². The molecule has 1 rings (SSSR count). The van der Waals surface area contributed by atoms with Gasteiger partial charge in [-0.15, -0.1) is 0 Å². The van der Waals surface area contributed by atoms with Gasteiger partial charge in [-0.05, 0) is 0 Å². The first-order valence-electron chi connectivity index (χ1n) is 2.35. The molecule has 0 aliphatic carbocycles. The average molecular weight is 121 g/mol. The first-order valence-corrected chi connectivity index (χ1v) is 2.35. The maximum atomic E-state index is 10.3. The molecule has 0 bridgehead atoms. The molecule has 0 saturated heterocycles. The second kappa shape index (κ2) is 2.18. The van der Waals surface area contributed by atoms with Gasteiger partial charge in [0, 0.05) is 0 Å². The molecule has 44 valence electrons. The minimum atomic E-state index is -0.375. The van der Waals surface area contributed by atoms with E-state index >= 15 is 0 Å². The Morgan fingerprint density at radius 2 is 2.56 bits per heavy atom. The van der Waals surface area contributed by atoms with Crippen LogP contribution in [0.2, 0.25) is 0 Å². The summed E-state index contributed by atoms with van der Waals surface area (Å²) in [5.74, 6) is -0.0669. The summed E-state index contributed by atoms with van der Waals surface area (Å²) < 4.78 is 0. The highest BCUT2D eigenvalue weighted by molar-refractivity contribution is 6.34. The van der Waals surface area contributed by atoms with E-state index in [1.54, 1.807) is 0 Å². The third-order valence-electron chi connectivity index (χ3n) is 0.800. The quantitative estimate of drug-likeness (QED) is 0.486. The lowest BCUT2D eigenvalue weighted by Gasteiger charge is -1.78. The minimum Gasteiger partial charge on any atom is -0.266 e. The molecule has 1 heterocycles. The summed E-state index contributed by atoms with van der Waals surface area (Å²) >= 11 is 0. The van der Waals surface area contributed by atoms with Crippen molar-refractivity contribution >= 4 is 18.0 Å². The van der Waals surface area contributed by atoms with Crippen LogP contribution in [-0.4, -0.2) is 18.0 Å². The van der Waals surface area contributed by atoms with Crippen molar-refractivity contribution in [1.82, 2.24) is 0 Å². The summed E-state index contributed by atoms with van der Waals surface area (Å²) in [4.78, 5) is 17.3. The molecular formula is C5H3N3O.